The first-order chi connectivity index (χ1) is 13.8. The van der Waals surface area contributed by atoms with Gasteiger partial charge in [-0.1, -0.05) is 31.5 Å². The number of aromatic hydroxyl groups is 1. The number of amides is 3. The second kappa shape index (κ2) is 7.11. The molecule has 0 unspecified atom stereocenters. The summed E-state index contributed by atoms with van der Waals surface area (Å²) in [7, 11) is 1.12. The van der Waals surface area contributed by atoms with Gasteiger partial charge in [0.05, 0.1) is 25.0 Å². The molecule has 0 radical (unpaired) electrons. The first-order valence-electron chi connectivity index (χ1n) is 9.97. The Labute approximate surface area is 168 Å². The number of para-hydroxylation sites is 1. The quantitative estimate of drug-likeness (QED) is 0.745. The lowest BCUT2D eigenvalue weighted by atomic mass is 9.63. The average Bonchev–Trinajstić information content (AvgIpc) is 3.17. The summed E-state index contributed by atoms with van der Waals surface area (Å²) >= 11 is 0. The van der Waals surface area contributed by atoms with E-state index in [1.165, 1.54) is 0 Å². The fourth-order valence-corrected chi connectivity index (χ4v) is 5.38. The molecule has 8 heteroatoms. The Morgan fingerprint density at radius 1 is 1.28 bits per heavy atom. The number of phenols is 1. The first-order valence-corrected chi connectivity index (χ1v) is 9.97. The van der Waals surface area contributed by atoms with Gasteiger partial charge in [-0.2, -0.15) is 4.90 Å². The highest BCUT2D eigenvalue weighted by Crippen LogP contribution is 2.59. The van der Waals surface area contributed by atoms with E-state index >= 15 is 0 Å². The minimum Gasteiger partial charge on any atom is -0.508 e. The monoisotopic (exact) mass is 403 g/mol. The van der Waals surface area contributed by atoms with Gasteiger partial charge in [-0.15, -0.1) is 0 Å². The number of aliphatic hydroxyl groups is 1. The standard InChI is InChI=1S/C21H25NO7/c1-3-6-11-9-13-17(19(25)22(18(13)24)20(26)28-2)14-10-16(29-21(11,14)27)12-7-4-5-8-15(12)23/h4-5,7-8,11,13-14,16-17,23,27H,3,6,9-10H2,1-2H3/t11-,13-,14-,16-,17-,21+/m0/s1. The van der Waals surface area contributed by atoms with Crippen molar-refractivity contribution in [3.05, 3.63) is 29.8 Å². The Morgan fingerprint density at radius 3 is 2.66 bits per heavy atom. The SMILES string of the molecule is CCC[C@H]1C[C@@H]2C(=O)N(C(=O)OC)C(=O)[C@@H]2[C@@H]2C[C@@H](c3ccccc3O)O[C@]12O. The number of methoxy groups -OCH3 is 1. The number of likely N-dealkylation sites (tertiary alicyclic amines) is 1. The van der Waals surface area contributed by atoms with Crippen molar-refractivity contribution in [2.75, 3.05) is 7.11 Å². The van der Waals surface area contributed by atoms with Crippen LogP contribution in [0, 0.1) is 23.7 Å². The number of rotatable bonds is 3. The number of carbonyl (C=O) groups is 3. The molecule has 4 rings (SSSR count). The molecule has 1 saturated carbocycles. The van der Waals surface area contributed by atoms with Gasteiger partial charge in [0.2, 0.25) is 11.8 Å². The van der Waals surface area contributed by atoms with Crippen molar-refractivity contribution in [1.82, 2.24) is 4.90 Å². The second-order valence-corrected chi connectivity index (χ2v) is 8.09. The number of hydrogen-bond donors (Lipinski definition) is 2. The number of ether oxygens (including phenoxy) is 2. The number of nitrogens with zero attached hydrogens (tertiary/aromatic N) is 1. The van der Waals surface area contributed by atoms with E-state index in [1.807, 2.05) is 6.92 Å². The van der Waals surface area contributed by atoms with Gasteiger partial charge in [-0.3, -0.25) is 9.59 Å². The predicted octanol–water partition coefficient (Wildman–Crippen LogP) is 2.35. The van der Waals surface area contributed by atoms with Crippen LogP contribution in [-0.4, -0.2) is 45.9 Å². The van der Waals surface area contributed by atoms with Crippen LogP contribution >= 0.6 is 0 Å². The highest BCUT2D eigenvalue weighted by Gasteiger charge is 2.67. The van der Waals surface area contributed by atoms with E-state index in [4.69, 9.17) is 4.74 Å². The Hall–Kier alpha value is -2.45. The highest BCUT2D eigenvalue weighted by atomic mass is 16.6. The number of benzene rings is 1. The van der Waals surface area contributed by atoms with E-state index in [0.29, 0.717) is 16.9 Å². The summed E-state index contributed by atoms with van der Waals surface area (Å²) in [5, 5.41) is 21.8. The summed E-state index contributed by atoms with van der Waals surface area (Å²) in [5.74, 6) is -5.32. The van der Waals surface area contributed by atoms with Crippen LogP contribution in [0.4, 0.5) is 4.79 Å². The molecule has 2 aliphatic heterocycles. The van der Waals surface area contributed by atoms with Crippen molar-refractivity contribution in [3.8, 4) is 5.75 Å². The van der Waals surface area contributed by atoms with Gasteiger partial charge in [0.1, 0.15) is 5.75 Å². The Morgan fingerprint density at radius 2 is 2.00 bits per heavy atom. The van der Waals surface area contributed by atoms with Gasteiger partial charge < -0.3 is 19.7 Å². The molecule has 1 aromatic rings. The Bertz CT molecular complexity index is 855. The zero-order chi connectivity index (χ0) is 20.9. The number of fused-ring (bicyclic) bond motifs is 3. The summed E-state index contributed by atoms with van der Waals surface area (Å²) < 4.78 is 10.7. The van der Waals surface area contributed by atoms with Crippen molar-refractivity contribution in [1.29, 1.82) is 0 Å². The molecule has 1 aliphatic carbocycles. The summed E-state index contributed by atoms with van der Waals surface area (Å²) in [6.45, 7) is 1.97. The lowest BCUT2D eigenvalue weighted by Gasteiger charge is -2.44. The number of imide groups is 3. The largest absolute Gasteiger partial charge is 0.508 e. The summed E-state index contributed by atoms with van der Waals surface area (Å²) in [6, 6.07) is 6.72. The van der Waals surface area contributed by atoms with Crippen molar-refractivity contribution in [2.24, 2.45) is 23.7 Å². The number of hydrogen-bond acceptors (Lipinski definition) is 7. The average molecular weight is 403 g/mol. The minimum atomic E-state index is -1.60. The fourth-order valence-electron chi connectivity index (χ4n) is 5.38. The van der Waals surface area contributed by atoms with E-state index in [1.54, 1.807) is 24.3 Å². The Kier molecular flexibility index (Phi) is 4.86. The number of phenolic OH excluding ortho intramolecular Hbond substituents is 1. The van der Waals surface area contributed by atoms with Gasteiger partial charge >= 0.3 is 6.09 Å². The maximum Gasteiger partial charge on any atom is 0.423 e. The number of carbonyl (C=O) groups excluding carboxylic acids is 3. The molecular formula is C21H25NO7. The fraction of sp³-hybridized carbons (Fsp3) is 0.571. The lowest BCUT2D eigenvalue weighted by molar-refractivity contribution is -0.270. The van der Waals surface area contributed by atoms with Gasteiger partial charge in [0.25, 0.3) is 0 Å². The van der Waals surface area contributed by atoms with Crippen LogP contribution in [0.2, 0.25) is 0 Å². The van der Waals surface area contributed by atoms with Gasteiger partial charge in [0, 0.05) is 17.4 Å². The van der Waals surface area contributed by atoms with Crippen LogP contribution in [0.1, 0.15) is 44.3 Å². The molecule has 8 nitrogen and oxygen atoms in total. The summed E-state index contributed by atoms with van der Waals surface area (Å²) in [6.07, 6.45) is 0.301. The van der Waals surface area contributed by atoms with E-state index in [-0.39, 0.29) is 24.5 Å². The Balaban J connectivity index is 1.73. The normalized spacial score (nSPS) is 36.1. The summed E-state index contributed by atoms with van der Waals surface area (Å²) in [4.78, 5) is 38.4. The predicted molar refractivity (Wildman–Crippen MR) is 99.2 cm³/mol. The van der Waals surface area contributed by atoms with Crippen LogP contribution < -0.4 is 0 Å². The molecule has 0 bridgehead atoms. The molecule has 2 saturated heterocycles. The molecule has 3 fully saturated rings. The third-order valence-corrected chi connectivity index (χ3v) is 6.64. The molecule has 29 heavy (non-hydrogen) atoms. The lowest BCUT2D eigenvalue weighted by Crippen LogP contribution is -2.53. The smallest absolute Gasteiger partial charge is 0.423 e. The van der Waals surface area contributed by atoms with Crippen molar-refractivity contribution < 1.29 is 34.1 Å². The third-order valence-electron chi connectivity index (χ3n) is 6.64. The van der Waals surface area contributed by atoms with Gasteiger partial charge in [-0.25, -0.2) is 4.79 Å². The van der Waals surface area contributed by atoms with Crippen LogP contribution in [0.5, 0.6) is 5.75 Å². The van der Waals surface area contributed by atoms with Crippen LogP contribution in [0.25, 0.3) is 0 Å². The molecule has 1 aromatic carbocycles. The van der Waals surface area contributed by atoms with Crippen molar-refractivity contribution in [3.63, 3.8) is 0 Å². The highest BCUT2D eigenvalue weighted by molar-refractivity contribution is 6.15. The molecule has 0 spiro atoms. The molecule has 0 aromatic heterocycles. The van der Waals surface area contributed by atoms with E-state index < -0.39 is 47.6 Å². The maximum absolute atomic E-state index is 13.0. The van der Waals surface area contributed by atoms with Crippen molar-refractivity contribution >= 4 is 17.9 Å². The molecule has 6 atom stereocenters. The molecular weight excluding hydrogens is 378 g/mol. The first kappa shape index (κ1) is 19.8. The summed E-state index contributed by atoms with van der Waals surface area (Å²) in [5.41, 5.74) is 0.531. The van der Waals surface area contributed by atoms with Crippen LogP contribution in [-0.2, 0) is 19.1 Å². The van der Waals surface area contributed by atoms with Crippen LogP contribution in [0.3, 0.4) is 0 Å². The molecule has 3 aliphatic rings. The van der Waals surface area contributed by atoms with Crippen molar-refractivity contribution in [2.45, 2.75) is 44.5 Å². The van der Waals surface area contributed by atoms with Gasteiger partial charge in [0.15, 0.2) is 5.79 Å². The zero-order valence-corrected chi connectivity index (χ0v) is 16.4. The minimum absolute atomic E-state index is 0.0494. The van der Waals surface area contributed by atoms with E-state index in [2.05, 4.69) is 4.74 Å². The zero-order valence-electron chi connectivity index (χ0n) is 16.4. The van der Waals surface area contributed by atoms with Crippen LogP contribution in [0.15, 0.2) is 24.3 Å². The molecule has 156 valence electrons. The van der Waals surface area contributed by atoms with E-state index in [9.17, 15) is 24.6 Å². The van der Waals surface area contributed by atoms with Gasteiger partial charge in [-0.05, 0) is 25.3 Å². The second-order valence-electron chi connectivity index (χ2n) is 8.09. The van der Waals surface area contributed by atoms with E-state index in [0.717, 1.165) is 13.5 Å². The molecule has 2 heterocycles. The maximum atomic E-state index is 13.0. The molecule has 2 N–H and O–H groups in total. The topological polar surface area (TPSA) is 113 Å². The molecule has 3 amide bonds. The third kappa shape index (κ3) is 2.85.